The molecule has 0 bridgehead atoms. The van der Waals surface area contributed by atoms with E-state index in [1.165, 1.54) is 18.2 Å². The second-order valence-corrected chi connectivity index (χ2v) is 12.5. The van der Waals surface area contributed by atoms with Crippen molar-refractivity contribution >= 4 is 44.8 Å². The number of nitrogens with one attached hydrogen (secondary N) is 3. The molecule has 1 fully saturated rings. The standard InChI is InChI=1S/C33H30FN7O3S.ClH/c1-21-6-11-25-26(12-13-28(34)30(25)41-45(42,43)20-23-9-7-22(18-35)8-10-23)31(21)44-32-27(5-3-16-37-32)29-14-17-38-33(40-29)39-24-4-2-15-36-19-24;/h3,5-14,16-17,24,36,41H,2,4,15,19-20H2,1H3,(H,38,39,40);1H/t24-;/m0./s1. The molecule has 0 unspecified atom stereocenters. The maximum absolute atomic E-state index is 15.2. The van der Waals surface area contributed by atoms with Crippen molar-refractivity contribution < 1.29 is 17.5 Å². The lowest BCUT2D eigenvalue weighted by Gasteiger charge is -2.23. The lowest BCUT2D eigenvalue weighted by molar-refractivity contribution is 0.466. The highest BCUT2D eigenvalue weighted by molar-refractivity contribution is 7.91. The predicted molar refractivity (Wildman–Crippen MR) is 178 cm³/mol. The Bertz CT molecular complexity index is 2020. The van der Waals surface area contributed by atoms with Crippen LogP contribution in [0.5, 0.6) is 11.6 Å². The zero-order valence-corrected chi connectivity index (χ0v) is 26.5. The minimum Gasteiger partial charge on any atom is -0.437 e. The fourth-order valence-corrected chi connectivity index (χ4v) is 6.51. The summed E-state index contributed by atoms with van der Waals surface area (Å²) in [5, 5.41) is 16.6. The Morgan fingerprint density at radius 3 is 2.61 bits per heavy atom. The molecule has 0 spiro atoms. The van der Waals surface area contributed by atoms with Crippen LogP contribution < -0.4 is 20.1 Å². The van der Waals surface area contributed by atoms with Gasteiger partial charge in [-0.25, -0.2) is 27.8 Å². The number of aryl methyl sites for hydroxylation is 1. The number of hydrogen-bond acceptors (Lipinski definition) is 9. The van der Waals surface area contributed by atoms with E-state index in [1.54, 1.807) is 54.9 Å². The molecule has 46 heavy (non-hydrogen) atoms. The van der Waals surface area contributed by atoms with Crippen molar-refractivity contribution in [3.05, 3.63) is 102 Å². The number of sulfonamides is 1. The molecule has 0 amide bonds. The number of pyridine rings is 1. The maximum Gasteiger partial charge on any atom is 0.237 e. The molecule has 1 atom stereocenters. The molecule has 3 heterocycles. The Morgan fingerprint density at radius 1 is 1.04 bits per heavy atom. The fourth-order valence-electron chi connectivity index (χ4n) is 5.29. The molecule has 2 aromatic heterocycles. The monoisotopic (exact) mass is 659 g/mol. The molecule has 0 radical (unpaired) electrons. The summed E-state index contributed by atoms with van der Waals surface area (Å²) in [5.41, 5.74) is 2.68. The van der Waals surface area contributed by atoms with Crippen LogP contribution >= 0.6 is 12.4 Å². The van der Waals surface area contributed by atoms with Gasteiger partial charge in [-0.1, -0.05) is 24.3 Å². The third kappa shape index (κ3) is 7.34. The van der Waals surface area contributed by atoms with Gasteiger partial charge in [0.25, 0.3) is 0 Å². The van der Waals surface area contributed by atoms with Gasteiger partial charge in [-0.2, -0.15) is 5.26 Å². The molecule has 6 rings (SSSR count). The summed E-state index contributed by atoms with van der Waals surface area (Å²) in [5.74, 6) is 0.0675. The number of halogens is 2. The van der Waals surface area contributed by atoms with Crippen molar-refractivity contribution in [2.24, 2.45) is 0 Å². The predicted octanol–water partition coefficient (Wildman–Crippen LogP) is 6.33. The second kappa shape index (κ2) is 14.1. The molecule has 10 nitrogen and oxygen atoms in total. The molecule has 1 aliphatic rings. The number of aromatic nitrogens is 3. The van der Waals surface area contributed by atoms with Crippen molar-refractivity contribution in [1.82, 2.24) is 20.3 Å². The largest absolute Gasteiger partial charge is 0.437 e. The fraction of sp³-hybridized carbons (Fsp3) is 0.212. The van der Waals surface area contributed by atoms with E-state index in [1.807, 2.05) is 19.1 Å². The van der Waals surface area contributed by atoms with Gasteiger partial charge in [0.15, 0.2) is 0 Å². The molecule has 13 heteroatoms. The van der Waals surface area contributed by atoms with E-state index in [0.29, 0.717) is 44.9 Å². The molecule has 3 aromatic carbocycles. The molecule has 1 aliphatic heterocycles. The zero-order valence-electron chi connectivity index (χ0n) is 24.8. The number of rotatable bonds is 9. The summed E-state index contributed by atoms with van der Waals surface area (Å²) in [6, 6.07) is 20.0. The van der Waals surface area contributed by atoms with E-state index in [9.17, 15) is 8.42 Å². The molecule has 236 valence electrons. The summed E-state index contributed by atoms with van der Waals surface area (Å²) < 4.78 is 50.3. The van der Waals surface area contributed by atoms with Gasteiger partial charge in [-0.3, -0.25) is 4.72 Å². The average molecular weight is 660 g/mol. The van der Waals surface area contributed by atoms with E-state index in [2.05, 4.69) is 25.3 Å². The highest BCUT2D eigenvalue weighted by Crippen LogP contribution is 2.39. The van der Waals surface area contributed by atoms with Gasteiger partial charge in [0.05, 0.1) is 34.3 Å². The van der Waals surface area contributed by atoms with E-state index in [4.69, 9.17) is 15.0 Å². The zero-order chi connectivity index (χ0) is 31.4. The van der Waals surface area contributed by atoms with E-state index < -0.39 is 21.6 Å². The highest BCUT2D eigenvalue weighted by atomic mass is 35.5. The molecule has 3 N–H and O–H groups in total. The summed E-state index contributed by atoms with van der Waals surface area (Å²) in [4.78, 5) is 13.6. The lowest BCUT2D eigenvalue weighted by Crippen LogP contribution is -2.38. The highest BCUT2D eigenvalue weighted by Gasteiger charge is 2.21. The minimum absolute atomic E-state index is 0. The smallest absolute Gasteiger partial charge is 0.237 e. The number of nitrogens with zero attached hydrogens (tertiary/aromatic N) is 4. The first-order valence-corrected chi connectivity index (χ1v) is 16.1. The minimum atomic E-state index is -4.01. The van der Waals surface area contributed by atoms with E-state index >= 15 is 4.39 Å². The van der Waals surface area contributed by atoms with Crippen molar-refractivity contribution in [3.63, 3.8) is 0 Å². The first kappa shape index (κ1) is 32.6. The molecular weight excluding hydrogens is 629 g/mol. The van der Waals surface area contributed by atoms with Crippen molar-refractivity contribution in [2.75, 3.05) is 23.1 Å². The first-order chi connectivity index (χ1) is 21.8. The molecule has 0 saturated carbocycles. The summed E-state index contributed by atoms with van der Waals surface area (Å²) in [7, 11) is -4.01. The normalized spacial score (nSPS) is 14.6. The number of fused-ring (bicyclic) bond motifs is 1. The van der Waals surface area contributed by atoms with Crippen molar-refractivity contribution in [1.29, 1.82) is 5.26 Å². The van der Waals surface area contributed by atoms with Gasteiger partial charge in [-0.15, -0.1) is 12.4 Å². The van der Waals surface area contributed by atoms with Gasteiger partial charge < -0.3 is 15.4 Å². The number of ether oxygens (including phenoxy) is 1. The summed E-state index contributed by atoms with van der Waals surface area (Å²) in [6.07, 6.45) is 5.39. The quantitative estimate of drug-likeness (QED) is 0.165. The third-order valence-electron chi connectivity index (χ3n) is 7.53. The van der Waals surface area contributed by atoms with E-state index in [-0.39, 0.29) is 30.0 Å². The van der Waals surface area contributed by atoms with Gasteiger partial charge in [0.1, 0.15) is 11.6 Å². The van der Waals surface area contributed by atoms with Crippen LogP contribution in [-0.2, 0) is 15.8 Å². The molecule has 0 aliphatic carbocycles. The van der Waals surface area contributed by atoms with Crippen LogP contribution in [0.2, 0.25) is 0 Å². The number of piperidine rings is 1. The Balaban J connectivity index is 0.00000417. The Kier molecular flexibility index (Phi) is 9.96. The number of benzene rings is 3. The summed E-state index contributed by atoms with van der Waals surface area (Å²) >= 11 is 0. The Labute approximate surface area is 272 Å². The van der Waals surface area contributed by atoms with Gasteiger partial charge in [-0.05, 0) is 79.9 Å². The SMILES string of the molecule is Cc1ccc2c(NS(=O)(=O)Cc3ccc(C#N)cc3)c(F)ccc2c1Oc1ncccc1-c1ccnc(N[C@H]2CCCNC2)n1.Cl. The van der Waals surface area contributed by atoms with Crippen LogP contribution in [0, 0.1) is 24.1 Å². The van der Waals surface area contributed by atoms with Crippen LogP contribution in [0.1, 0.15) is 29.5 Å². The van der Waals surface area contributed by atoms with Crippen LogP contribution in [0.15, 0.2) is 79.1 Å². The summed E-state index contributed by atoms with van der Waals surface area (Å²) in [6.45, 7) is 3.69. The topological polar surface area (TPSA) is 142 Å². The maximum atomic E-state index is 15.2. The number of nitriles is 1. The average Bonchev–Trinajstić information content (AvgIpc) is 3.04. The Morgan fingerprint density at radius 2 is 1.85 bits per heavy atom. The van der Waals surface area contributed by atoms with Crippen molar-refractivity contribution in [3.8, 4) is 29.0 Å². The van der Waals surface area contributed by atoms with Crippen molar-refractivity contribution in [2.45, 2.75) is 31.6 Å². The van der Waals surface area contributed by atoms with Gasteiger partial charge >= 0.3 is 0 Å². The van der Waals surface area contributed by atoms with Crippen LogP contribution in [0.4, 0.5) is 16.0 Å². The number of hydrogen-bond donors (Lipinski definition) is 3. The van der Waals surface area contributed by atoms with Gasteiger partial charge in [0, 0.05) is 35.8 Å². The van der Waals surface area contributed by atoms with Crippen LogP contribution in [0.25, 0.3) is 22.0 Å². The second-order valence-electron chi connectivity index (χ2n) is 10.8. The van der Waals surface area contributed by atoms with Gasteiger partial charge in [0.2, 0.25) is 21.9 Å². The molecular formula is C33H31ClFN7O3S. The van der Waals surface area contributed by atoms with Crippen LogP contribution in [0.3, 0.4) is 0 Å². The lowest BCUT2D eigenvalue weighted by atomic mass is 10.0. The molecule has 1 saturated heterocycles. The third-order valence-corrected chi connectivity index (χ3v) is 8.75. The Hall–Kier alpha value is -4.83. The number of anilines is 2. The molecule has 5 aromatic rings. The van der Waals surface area contributed by atoms with Crippen LogP contribution in [-0.4, -0.2) is 42.5 Å². The first-order valence-electron chi connectivity index (χ1n) is 14.4. The van der Waals surface area contributed by atoms with E-state index in [0.717, 1.165) is 31.5 Å².